The van der Waals surface area contributed by atoms with Crippen LogP contribution in [0.25, 0.3) is 16.9 Å². The average Bonchev–Trinajstić information content (AvgIpc) is 3.09. The average molecular weight is 334 g/mol. The van der Waals surface area contributed by atoms with Crippen molar-refractivity contribution in [1.82, 2.24) is 19.5 Å². The lowest BCUT2D eigenvalue weighted by Gasteiger charge is -2.08. The first kappa shape index (κ1) is 14.8. The maximum atomic E-state index is 12.6. The summed E-state index contributed by atoms with van der Waals surface area (Å²) in [5.41, 5.74) is 3.58. The molecule has 2 saturated carbocycles. The van der Waals surface area contributed by atoms with Crippen molar-refractivity contribution in [1.29, 1.82) is 0 Å². The van der Waals surface area contributed by atoms with Crippen molar-refractivity contribution in [3.8, 4) is 11.4 Å². The zero-order valence-corrected chi connectivity index (χ0v) is 14.2. The molecule has 3 aromatic heterocycles. The van der Waals surface area contributed by atoms with Crippen LogP contribution in [0.2, 0.25) is 0 Å². The molecular weight excluding hydrogens is 312 g/mol. The molecule has 0 radical (unpaired) electrons. The van der Waals surface area contributed by atoms with E-state index in [0.717, 1.165) is 35.3 Å². The summed E-state index contributed by atoms with van der Waals surface area (Å²) < 4.78 is 4.18. The fourth-order valence-electron chi connectivity index (χ4n) is 3.87. The van der Waals surface area contributed by atoms with Gasteiger partial charge in [-0.2, -0.15) is 5.10 Å². The number of rotatable bonds is 4. The summed E-state index contributed by atoms with van der Waals surface area (Å²) >= 11 is 0. The highest BCUT2D eigenvalue weighted by atomic mass is 16.1. The molecule has 0 unspecified atom stereocenters. The number of amides is 1. The number of nitrogens with zero attached hydrogens (tertiary/aromatic N) is 3. The topological polar surface area (TPSA) is 51.3 Å². The molecule has 0 atom stereocenters. The molecule has 5 heteroatoms. The van der Waals surface area contributed by atoms with Crippen LogP contribution >= 0.6 is 0 Å². The Hall–Kier alpha value is -2.56. The smallest absolute Gasteiger partial charge is 0.253 e. The van der Waals surface area contributed by atoms with E-state index in [2.05, 4.69) is 26.7 Å². The van der Waals surface area contributed by atoms with Crippen LogP contribution in [-0.2, 0) is 0 Å². The number of hydrogen-bond acceptors (Lipinski definition) is 2. The number of carbonyl (C=O) groups excluding carboxylic acids is 1. The molecule has 2 aliphatic rings. The van der Waals surface area contributed by atoms with Crippen LogP contribution in [0, 0.1) is 0 Å². The van der Waals surface area contributed by atoms with E-state index in [1.54, 1.807) is 0 Å². The molecular formula is C20H22N4O. The zero-order chi connectivity index (χ0) is 16.8. The fraction of sp³-hybridized carbons (Fsp3) is 0.400. The van der Waals surface area contributed by atoms with Crippen molar-refractivity contribution in [2.45, 2.75) is 50.6 Å². The molecule has 128 valence electrons. The lowest BCUT2D eigenvalue weighted by Crippen LogP contribution is -2.25. The lowest BCUT2D eigenvalue weighted by molar-refractivity contribution is 0.0953. The molecule has 1 N–H and O–H groups in total. The Labute approximate surface area is 146 Å². The Morgan fingerprint density at radius 2 is 1.92 bits per heavy atom. The Kier molecular flexibility index (Phi) is 3.40. The Morgan fingerprint density at radius 1 is 1.08 bits per heavy atom. The number of pyridine rings is 1. The maximum absolute atomic E-state index is 12.6. The molecule has 0 saturated heterocycles. The predicted molar refractivity (Wildman–Crippen MR) is 96.6 cm³/mol. The normalized spacial score (nSPS) is 18.1. The molecule has 3 aromatic rings. The van der Waals surface area contributed by atoms with Gasteiger partial charge in [-0.05, 0) is 49.9 Å². The van der Waals surface area contributed by atoms with Crippen molar-refractivity contribution < 1.29 is 4.79 Å². The van der Waals surface area contributed by atoms with Crippen LogP contribution in [0.3, 0.4) is 0 Å². The number of hydrogen-bond donors (Lipinski definition) is 1. The van der Waals surface area contributed by atoms with Gasteiger partial charge in [0.1, 0.15) is 5.69 Å². The Balaban J connectivity index is 1.55. The fourth-order valence-corrected chi connectivity index (χ4v) is 3.87. The summed E-state index contributed by atoms with van der Waals surface area (Å²) in [6.07, 6.45) is 11.3. The third kappa shape index (κ3) is 2.64. The van der Waals surface area contributed by atoms with Crippen molar-refractivity contribution in [2.24, 2.45) is 0 Å². The van der Waals surface area contributed by atoms with Crippen LogP contribution in [0.4, 0.5) is 0 Å². The van der Waals surface area contributed by atoms with Crippen LogP contribution in [0.1, 0.15) is 54.9 Å². The van der Waals surface area contributed by atoms with Gasteiger partial charge in [0.15, 0.2) is 0 Å². The van der Waals surface area contributed by atoms with Gasteiger partial charge in [-0.15, -0.1) is 0 Å². The predicted octanol–water partition coefficient (Wildman–Crippen LogP) is 3.81. The van der Waals surface area contributed by atoms with Gasteiger partial charge >= 0.3 is 0 Å². The Morgan fingerprint density at radius 3 is 2.72 bits per heavy atom. The van der Waals surface area contributed by atoms with Gasteiger partial charge in [0.2, 0.25) is 0 Å². The van der Waals surface area contributed by atoms with Gasteiger partial charge in [-0.3, -0.25) is 9.48 Å². The third-order valence-corrected chi connectivity index (χ3v) is 5.40. The van der Waals surface area contributed by atoms with E-state index in [0.29, 0.717) is 12.1 Å². The summed E-state index contributed by atoms with van der Waals surface area (Å²) in [5.74, 6) is 0.0210. The van der Waals surface area contributed by atoms with Gasteiger partial charge in [0.25, 0.3) is 5.91 Å². The summed E-state index contributed by atoms with van der Waals surface area (Å²) in [4.78, 5) is 12.6. The van der Waals surface area contributed by atoms with Gasteiger partial charge < -0.3 is 9.72 Å². The van der Waals surface area contributed by atoms with Crippen LogP contribution in [-0.4, -0.2) is 26.1 Å². The minimum absolute atomic E-state index is 0.0210. The number of carbonyl (C=O) groups is 1. The second-order valence-corrected chi connectivity index (χ2v) is 7.27. The lowest BCUT2D eigenvalue weighted by atomic mass is 10.2. The molecule has 1 amide bonds. The van der Waals surface area contributed by atoms with E-state index < -0.39 is 0 Å². The highest BCUT2D eigenvalue weighted by Gasteiger charge is 2.26. The summed E-state index contributed by atoms with van der Waals surface area (Å²) in [7, 11) is 0. The first-order chi connectivity index (χ1) is 12.3. The molecule has 0 aromatic carbocycles. The molecule has 2 fully saturated rings. The van der Waals surface area contributed by atoms with Crippen molar-refractivity contribution in [3.05, 3.63) is 48.3 Å². The van der Waals surface area contributed by atoms with E-state index in [-0.39, 0.29) is 5.91 Å². The van der Waals surface area contributed by atoms with Gasteiger partial charge in [0.05, 0.1) is 22.8 Å². The molecule has 3 heterocycles. The Bertz CT molecular complexity index is 928. The summed E-state index contributed by atoms with van der Waals surface area (Å²) in [6, 6.07) is 10.9. The standard InChI is InChI=1S/C20H22N4O/c25-20(21-14-8-9-14)16-13-19(23-11-4-3-7-18(16)23)17-10-12-24(22-17)15-5-1-2-6-15/h3-4,7,10-15H,1-2,5-6,8-9H2,(H,21,25). The van der Waals surface area contributed by atoms with Crippen molar-refractivity contribution in [2.75, 3.05) is 0 Å². The minimum Gasteiger partial charge on any atom is -0.349 e. The van der Waals surface area contributed by atoms with E-state index >= 15 is 0 Å². The first-order valence-corrected chi connectivity index (χ1v) is 9.26. The monoisotopic (exact) mass is 334 g/mol. The third-order valence-electron chi connectivity index (χ3n) is 5.40. The molecule has 0 aliphatic heterocycles. The van der Waals surface area contributed by atoms with Crippen LogP contribution in [0.15, 0.2) is 42.7 Å². The minimum atomic E-state index is 0.0210. The largest absolute Gasteiger partial charge is 0.349 e. The number of fused-ring (bicyclic) bond motifs is 1. The van der Waals surface area contributed by atoms with E-state index in [1.807, 2.05) is 30.5 Å². The SMILES string of the molecule is O=C(NC1CC1)c1cc(-c2ccn(C3CCCC3)n2)n2ccccc12. The highest BCUT2D eigenvalue weighted by Crippen LogP contribution is 2.31. The van der Waals surface area contributed by atoms with Crippen LogP contribution < -0.4 is 5.32 Å². The summed E-state index contributed by atoms with van der Waals surface area (Å²) in [6.45, 7) is 0. The second-order valence-electron chi connectivity index (χ2n) is 7.27. The molecule has 0 spiro atoms. The number of nitrogens with one attached hydrogen (secondary N) is 1. The second kappa shape index (κ2) is 5.76. The quantitative estimate of drug-likeness (QED) is 0.789. The molecule has 25 heavy (non-hydrogen) atoms. The first-order valence-electron chi connectivity index (χ1n) is 9.26. The highest BCUT2D eigenvalue weighted by molar-refractivity contribution is 6.03. The molecule has 0 bridgehead atoms. The van der Waals surface area contributed by atoms with E-state index in [1.165, 1.54) is 25.7 Å². The number of aromatic nitrogens is 3. The molecule has 5 rings (SSSR count). The van der Waals surface area contributed by atoms with E-state index in [4.69, 9.17) is 5.10 Å². The van der Waals surface area contributed by atoms with Crippen molar-refractivity contribution >= 4 is 11.4 Å². The van der Waals surface area contributed by atoms with Gasteiger partial charge in [-0.1, -0.05) is 18.9 Å². The van der Waals surface area contributed by atoms with Gasteiger partial charge in [0, 0.05) is 18.4 Å². The molecule has 2 aliphatic carbocycles. The zero-order valence-electron chi connectivity index (χ0n) is 14.2. The van der Waals surface area contributed by atoms with Crippen LogP contribution in [0.5, 0.6) is 0 Å². The van der Waals surface area contributed by atoms with E-state index in [9.17, 15) is 4.79 Å². The van der Waals surface area contributed by atoms with Crippen molar-refractivity contribution in [3.63, 3.8) is 0 Å². The van der Waals surface area contributed by atoms with Gasteiger partial charge in [-0.25, -0.2) is 0 Å². The maximum Gasteiger partial charge on any atom is 0.253 e. The summed E-state index contributed by atoms with van der Waals surface area (Å²) in [5, 5.41) is 7.92. The molecule has 5 nitrogen and oxygen atoms in total.